The van der Waals surface area contributed by atoms with Crippen molar-refractivity contribution in [3.8, 4) is 17.1 Å². The van der Waals surface area contributed by atoms with Crippen molar-refractivity contribution in [2.24, 2.45) is 0 Å². The van der Waals surface area contributed by atoms with Gasteiger partial charge in [-0.05, 0) is 54.5 Å². The van der Waals surface area contributed by atoms with Crippen LogP contribution in [-0.4, -0.2) is 80.4 Å². The zero-order chi connectivity index (χ0) is 28.7. The predicted molar refractivity (Wildman–Crippen MR) is 151 cm³/mol. The number of piperazine rings is 1. The van der Waals surface area contributed by atoms with Gasteiger partial charge in [0.05, 0.1) is 11.1 Å². The van der Waals surface area contributed by atoms with E-state index < -0.39 is 11.6 Å². The smallest absolute Gasteiger partial charge is 0.320 e. The number of amides is 3. The fraction of sp³-hybridized carbons (Fsp3) is 0.267. The highest BCUT2D eigenvalue weighted by Crippen LogP contribution is 2.34. The number of urea groups is 1. The Hall–Kier alpha value is -4.80. The molecule has 1 unspecified atom stereocenters. The van der Waals surface area contributed by atoms with Gasteiger partial charge in [0.1, 0.15) is 17.2 Å². The molecular weight excluding hydrogens is 528 g/mol. The van der Waals surface area contributed by atoms with Gasteiger partial charge >= 0.3 is 6.03 Å². The number of rotatable bonds is 4. The molecule has 0 spiro atoms. The van der Waals surface area contributed by atoms with Crippen molar-refractivity contribution in [2.45, 2.75) is 12.3 Å². The highest BCUT2D eigenvalue weighted by Gasteiger charge is 2.32. The molecule has 2 aliphatic rings. The molecule has 2 aromatic carbocycles. The molecule has 0 aliphatic carbocycles. The normalized spacial score (nSPS) is 17.3. The lowest BCUT2D eigenvalue weighted by molar-refractivity contribution is -0.127. The lowest BCUT2D eigenvalue weighted by Gasteiger charge is -2.36. The molecule has 4 heterocycles. The number of fused-ring (bicyclic) bond motifs is 1. The van der Waals surface area contributed by atoms with Crippen molar-refractivity contribution in [1.29, 1.82) is 0 Å². The summed E-state index contributed by atoms with van der Waals surface area (Å²) < 4.78 is 31.0. The molecule has 11 heteroatoms. The number of anilines is 1. The van der Waals surface area contributed by atoms with E-state index in [0.717, 1.165) is 18.1 Å². The summed E-state index contributed by atoms with van der Waals surface area (Å²) >= 11 is 0. The lowest BCUT2D eigenvalue weighted by atomic mass is 9.98. The van der Waals surface area contributed by atoms with E-state index in [4.69, 9.17) is 5.73 Å². The van der Waals surface area contributed by atoms with Gasteiger partial charge < -0.3 is 20.4 Å². The van der Waals surface area contributed by atoms with E-state index in [0.29, 0.717) is 61.9 Å². The van der Waals surface area contributed by atoms with Gasteiger partial charge in [0.15, 0.2) is 11.6 Å². The quantitative estimate of drug-likeness (QED) is 0.380. The Balaban J connectivity index is 1.23. The average molecular weight is 558 g/mol. The van der Waals surface area contributed by atoms with Crippen molar-refractivity contribution in [2.75, 3.05) is 45.0 Å². The van der Waals surface area contributed by atoms with Gasteiger partial charge in [-0.15, -0.1) is 0 Å². The molecule has 1 atom stereocenters. The third-order valence-corrected chi connectivity index (χ3v) is 7.91. The molecule has 2 aromatic heterocycles. The topological polar surface area (TPSA) is 101 Å². The van der Waals surface area contributed by atoms with Crippen molar-refractivity contribution < 1.29 is 18.4 Å². The second kappa shape index (κ2) is 10.6. The highest BCUT2D eigenvalue weighted by atomic mass is 19.2. The van der Waals surface area contributed by atoms with Crippen LogP contribution in [0.1, 0.15) is 17.9 Å². The molecule has 2 N–H and O–H groups in total. The van der Waals surface area contributed by atoms with Crippen LogP contribution in [0.4, 0.5) is 19.4 Å². The van der Waals surface area contributed by atoms with E-state index >= 15 is 4.39 Å². The van der Waals surface area contributed by atoms with Gasteiger partial charge in [-0.3, -0.25) is 9.36 Å². The Labute approximate surface area is 235 Å². The molecule has 0 radical (unpaired) electrons. The molecule has 6 rings (SSSR count). The number of pyridine rings is 1. The van der Waals surface area contributed by atoms with E-state index in [1.165, 1.54) is 12.1 Å². The van der Waals surface area contributed by atoms with E-state index in [2.05, 4.69) is 16.5 Å². The number of nitrogens with zero attached hydrogens (tertiary/aromatic N) is 6. The van der Waals surface area contributed by atoms with Crippen LogP contribution in [0.25, 0.3) is 28.1 Å². The van der Waals surface area contributed by atoms with Gasteiger partial charge in [0.2, 0.25) is 5.91 Å². The number of hydrogen-bond donors (Lipinski definition) is 1. The van der Waals surface area contributed by atoms with Crippen LogP contribution < -0.4 is 5.73 Å². The standard InChI is InChI=1S/C30H29F2N7O2/c1-2-25(40)36-14-16-37(17-15-36)30(41)38-13-11-20(18-38)19-5-7-21(8-6-19)39-27-24(10-9-23(31)26(27)32)35-29(39)22-4-3-12-34-28(22)33/h2-10,12,20H,1,11,13-18H2,(H2,33,34). The van der Waals surface area contributed by atoms with Crippen molar-refractivity contribution in [1.82, 2.24) is 29.2 Å². The largest absolute Gasteiger partial charge is 0.383 e. The highest BCUT2D eigenvalue weighted by molar-refractivity contribution is 5.87. The molecule has 0 bridgehead atoms. The van der Waals surface area contributed by atoms with Crippen LogP contribution in [0.15, 0.2) is 67.4 Å². The van der Waals surface area contributed by atoms with Gasteiger partial charge in [0.25, 0.3) is 0 Å². The molecule has 9 nitrogen and oxygen atoms in total. The number of carbonyl (C=O) groups is 2. The minimum absolute atomic E-state index is 0.0172. The summed E-state index contributed by atoms with van der Waals surface area (Å²) in [6, 6.07) is 13.5. The number of benzene rings is 2. The Kier molecular flexibility index (Phi) is 6.86. The fourth-order valence-electron chi connectivity index (χ4n) is 5.69. The van der Waals surface area contributed by atoms with Crippen LogP contribution in [-0.2, 0) is 4.79 Å². The Morgan fingerprint density at radius 1 is 0.951 bits per heavy atom. The predicted octanol–water partition coefficient (Wildman–Crippen LogP) is 4.19. The fourth-order valence-corrected chi connectivity index (χ4v) is 5.69. The Morgan fingerprint density at radius 2 is 1.68 bits per heavy atom. The zero-order valence-electron chi connectivity index (χ0n) is 22.3. The summed E-state index contributed by atoms with van der Waals surface area (Å²) in [4.78, 5) is 39.1. The summed E-state index contributed by atoms with van der Waals surface area (Å²) in [5, 5.41) is 0. The molecule has 0 saturated carbocycles. The first-order valence-electron chi connectivity index (χ1n) is 13.5. The second-order valence-corrected chi connectivity index (χ2v) is 10.3. The summed E-state index contributed by atoms with van der Waals surface area (Å²) in [7, 11) is 0. The number of aromatic nitrogens is 3. The SMILES string of the molecule is C=CC(=O)N1CCN(C(=O)N2CCC(c3ccc(-n4c(-c5cccnc5N)nc5ccc(F)c(F)c54)cc3)C2)CC1. The van der Waals surface area contributed by atoms with Crippen LogP contribution in [0.5, 0.6) is 0 Å². The average Bonchev–Trinajstić information content (AvgIpc) is 3.65. The first-order valence-corrected chi connectivity index (χ1v) is 13.5. The molecule has 41 heavy (non-hydrogen) atoms. The maximum atomic E-state index is 15.1. The van der Waals surface area contributed by atoms with Gasteiger partial charge in [-0.1, -0.05) is 18.7 Å². The number of halogens is 2. The number of nitrogen functional groups attached to an aromatic ring is 1. The molecule has 4 aromatic rings. The lowest BCUT2D eigenvalue weighted by Crippen LogP contribution is -2.53. The first-order chi connectivity index (χ1) is 19.9. The first kappa shape index (κ1) is 26.4. The minimum atomic E-state index is -0.993. The van der Waals surface area contributed by atoms with Crippen molar-refractivity contribution in [3.05, 3.63) is 84.6 Å². The van der Waals surface area contributed by atoms with E-state index in [9.17, 15) is 14.0 Å². The number of carbonyl (C=O) groups excluding carboxylic acids is 2. The Morgan fingerprint density at radius 3 is 2.39 bits per heavy atom. The number of nitrogens with two attached hydrogens (primary N) is 1. The van der Waals surface area contributed by atoms with E-state index in [1.807, 2.05) is 29.2 Å². The molecule has 2 aliphatic heterocycles. The summed E-state index contributed by atoms with van der Waals surface area (Å²) in [5.41, 5.74) is 8.59. The van der Waals surface area contributed by atoms with Crippen LogP contribution >= 0.6 is 0 Å². The monoisotopic (exact) mass is 557 g/mol. The molecule has 3 amide bonds. The summed E-state index contributed by atoms with van der Waals surface area (Å²) in [5.74, 6) is -1.35. The van der Waals surface area contributed by atoms with Gasteiger partial charge in [-0.25, -0.2) is 23.5 Å². The van der Waals surface area contributed by atoms with Crippen LogP contribution in [0.2, 0.25) is 0 Å². The van der Waals surface area contributed by atoms with Gasteiger partial charge in [-0.2, -0.15) is 0 Å². The van der Waals surface area contributed by atoms with Gasteiger partial charge in [0, 0.05) is 57.1 Å². The summed E-state index contributed by atoms with van der Waals surface area (Å²) in [6.07, 6.45) is 3.67. The maximum Gasteiger partial charge on any atom is 0.320 e. The van der Waals surface area contributed by atoms with E-state index in [1.54, 1.807) is 32.7 Å². The van der Waals surface area contributed by atoms with E-state index in [-0.39, 0.29) is 29.2 Å². The third-order valence-electron chi connectivity index (χ3n) is 7.91. The number of likely N-dealkylation sites (tertiary alicyclic amines) is 1. The Bertz CT molecular complexity index is 1640. The molecule has 2 saturated heterocycles. The number of hydrogen-bond acceptors (Lipinski definition) is 5. The zero-order valence-corrected chi connectivity index (χ0v) is 22.3. The van der Waals surface area contributed by atoms with Crippen LogP contribution in [0, 0.1) is 11.6 Å². The molecule has 2 fully saturated rings. The second-order valence-electron chi connectivity index (χ2n) is 10.3. The third kappa shape index (κ3) is 4.77. The maximum absolute atomic E-state index is 15.1. The minimum Gasteiger partial charge on any atom is -0.383 e. The number of imidazole rings is 1. The van der Waals surface area contributed by atoms with Crippen molar-refractivity contribution >= 4 is 28.8 Å². The summed E-state index contributed by atoms with van der Waals surface area (Å²) in [6.45, 7) is 6.72. The van der Waals surface area contributed by atoms with Crippen LogP contribution in [0.3, 0.4) is 0 Å². The van der Waals surface area contributed by atoms with Crippen molar-refractivity contribution in [3.63, 3.8) is 0 Å². The molecular formula is C30H29F2N7O2. The molecule has 210 valence electrons.